The van der Waals surface area contributed by atoms with E-state index in [0.717, 1.165) is 5.69 Å². The topological polar surface area (TPSA) is 59.6 Å². The molecule has 2 N–H and O–H groups in total. The van der Waals surface area contributed by atoms with Gasteiger partial charge in [-0.25, -0.2) is 4.79 Å². The van der Waals surface area contributed by atoms with Crippen molar-refractivity contribution in [3.05, 3.63) is 54.6 Å². The summed E-state index contributed by atoms with van der Waals surface area (Å²) in [5, 5.41) is 5.53. The van der Waals surface area contributed by atoms with Crippen LogP contribution in [-0.4, -0.2) is 25.9 Å². The molecule has 5 nitrogen and oxygen atoms in total. The van der Waals surface area contributed by atoms with E-state index >= 15 is 0 Å². The largest absolute Gasteiger partial charge is 0.491 e. The summed E-state index contributed by atoms with van der Waals surface area (Å²) in [5.41, 5.74) is 1.41. The van der Waals surface area contributed by atoms with Crippen LogP contribution in [-0.2, 0) is 4.74 Å². The number of rotatable bonds is 7. The lowest BCUT2D eigenvalue weighted by molar-refractivity contribution is 0.110. The summed E-state index contributed by atoms with van der Waals surface area (Å²) in [4.78, 5) is 11.9. The number of benzene rings is 2. The molecule has 0 fully saturated rings. The highest BCUT2D eigenvalue weighted by Gasteiger charge is 2.03. The highest BCUT2D eigenvalue weighted by Crippen LogP contribution is 2.17. The van der Waals surface area contributed by atoms with Gasteiger partial charge in [0, 0.05) is 24.0 Å². The van der Waals surface area contributed by atoms with Crippen LogP contribution in [0.2, 0.25) is 0 Å². The van der Waals surface area contributed by atoms with Crippen molar-refractivity contribution in [1.82, 2.24) is 0 Å². The maximum Gasteiger partial charge on any atom is 0.323 e. The second kappa shape index (κ2) is 8.69. The summed E-state index contributed by atoms with van der Waals surface area (Å²) >= 11 is 0. The number of urea groups is 1. The second-order valence-corrected chi connectivity index (χ2v) is 4.52. The molecule has 0 saturated carbocycles. The van der Waals surface area contributed by atoms with Crippen molar-refractivity contribution in [3.8, 4) is 5.75 Å². The Bertz CT molecular complexity index is 587. The number of nitrogens with one attached hydrogen (secondary N) is 2. The minimum absolute atomic E-state index is 0.294. The number of carbonyl (C=O) groups is 1. The summed E-state index contributed by atoms with van der Waals surface area (Å²) in [6, 6.07) is 16.2. The zero-order valence-corrected chi connectivity index (χ0v) is 12.5. The fourth-order valence-corrected chi connectivity index (χ4v) is 1.84. The number of hydrogen-bond acceptors (Lipinski definition) is 3. The van der Waals surface area contributed by atoms with Crippen LogP contribution in [0.1, 0.15) is 6.92 Å². The molecule has 116 valence electrons. The van der Waals surface area contributed by atoms with Crippen LogP contribution in [0.5, 0.6) is 5.75 Å². The van der Waals surface area contributed by atoms with Crippen molar-refractivity contribution in [1.29, 1.82) is 0 Å². The molecule has 0 heterocycles. The first kappa shape index (κ1) is 15.9. The zero-order chi connectivity index (χ0) is 15.6. The number of anilines is 2. The lowest BCUT2D eigenvalue weighted by atomic mass is 10.3. The minimum atomic E-state index is -0.294. The standard InChI is InChI=1S/C17H20N2O3/c1-2-21-11-12-22-16-10-6-9-15(13-16)19-17(20)18-14-7-4-3-5-8-14/h3-10,13H,2,11-12H2,1H3,(H2,18,19,20). The molecule has 0 aliphatic carbocycles. The molecule has 2 aromatic rings. The van der Waals surface area contributed by atoms with Gasteiger partial charge in [-0.15, -0.1) is 0 Å². The van der Waals surface area contributed by atoms with Crippen LogP contribution in [0.15, 0.2) is 54.6 Å². The van der Waals surface area contributed by atoms with Gasteiger partial charge in [0.15, 0.2) is 0 Å². The van der Waals surface area contributed by atoms with Gasteiger partial charge in [-0.1, -0.05) is 24.3 Å². The van der Waals surface area contributed by atoms with Gasteiger partial charge in [0.1, 0.15) is 12.4 Å². The molecule has 5 heteroatoms. The monoisotopic (exact) mass is 300 g/mol. The highest BCUT2D eigenvalue weighted by atomic mass is 16.5. The van der Waals surface area contributed by atoms with Crippen LogP contribution in [0, 0.1) is 0 Å². The highest BCUT2D eigenvalue weighted by molar-refractivity contribution is 5.99. The van der Waals surface area contributed by atoms with Crippen molar-refractivity contribution >= 4 is 17.4 Å². The molecule has 0 spiro atoms. The van der Waals surface area contributed by atoms with E-state index in [1.165, 1.54) is 0 Å². The molecule has 0 radical (unpaired) electrons. The first-order valence-corrected chi connectivity index (χ1v) is 7.21. The Labute approximate surface area is 130 Å². The van der Waals surface area contributed by atoms with Crippen molar-refractivity contribution in [2.75, 3.05) is 30.5 Å². The third kappa shape index (κ3) is 5.46. The molecule has 0 aromatic heterocycles. The molecule has 2 rings (SSSR count). The summed E-state index contributed by atoms with van der Waals surface area (Å²) in [6.07, 6.45) is 0. The molecule has 0 unspecified atom stereocenters. The predicted octanol–water partition coefficient (Wildman–Crippen LogP) is 3.75. The van der Waals surface area contributed by atoms with Crippen molar-refractivity contribution in [2.45, 2.75) is 6.92 Å². The maximum atomic E-state index is 11.9. The number of carbonyl (C=O) groups excluding carboxylic acids is 1. The molecule has 0 atom stereocenters. The lowest BCUT2D eigenvalue weighted by Gasteiger charge is -2.10. The van der Waals surface area contributed by atoms with Gasteiger partial charge in [-0.05, 0) is 31.2 Å². The molecule has 2 aromatic carbocycles. The van der Waals surface area contributed by atoms with E-state index in [4.69, 9.17) is 9.47 Å². The lowest BCUT2D eigenvalue weighted by Crippen LogP contribution is -2.19. The summed E-state index contributed by atoms with van der Waals surface area (Å²) < 4.78 is 10.8. The smallest absolute Gasteiger partial charge is 0.323 e. The van der Waals surface area contributed by atoms with E-state index in [2.05, 4.69) is 10.6 Å². The SMILES string of the molecule is CCOCCOc1cccc(NC(=O)Nc2ccccc2)c1. The van der Waals surface area contributed by atoms with Gasteiger partial charge >= 0.3 is 6.03 Å². The molecule has 0 aliphatic heterocycles. The van der Waals surface area contributed by atoms with E-state index in [1.54, 1.807) is 12.1 Å². The molecular formula is C17H20N2O3. The fraction of sp³-hybridized carbons (Fsp3) is 0.235. The van der Waals surface area contributed by atoms with Gasteiger partial charge < -0.3 is 20.1 Å². The van der Waals surface area contributed by atoms with Crippen LogP contribution < -0.4 is 15.4 Å². The average Bonchev–Trinajstić information content (AvgIpc) is 2.53. The van der Waals surface area contributed by atoms with Gasteiger partial charge in [-0.3, -0.25) is 0 Å². The van der Waals surface area contributed by atoms with Gasteiger partial charge in [0.05, 0.1) is 6.61 Å². The second-order valence-electron chi connectivity index (χ2n) is 4.52. The molecule has 0 aliphatic rings. The van der Waals surface area contributed by atoms with Gasteiger partial charge in [0.25, 0.3) is 0 Å². The van der Waals surface area contributed by atoms with Crippen LogP contribution in [0.25, 0.3) is 0 Å². The Balaban J connectivity index is 1.85. The molecule has 22 heavy (non-hydrogen) atoms. The number of ether oxygens (including phenoxy) is 2. The summed E-state index contributed by atoms with van der Waals surface area (Å²) in [7, 11) is 0. The Morgan fingerprint density at radius 1 is 0.955 bits per heavy atom. The normalized spacial score (nSPS) is 10.0. The molecule has 0 saturated heterocycles. The molecular weight excluding hydrogens is 280 g/mol. The Hall–Kier alpha value is -2.53. The van der Waals surface area contributed by atoms with Gasteiger partial charge in [-0.2, -0.15) is 0 Å². The Morgan fingerprint density at radius 3 is 2.45 bits per heavy atom. The van der Waals surface area contributed by atoms with E-state index in [-0.39, 0.29) is 6.03 Å². The Morgan fingerprint density at radius 2 is 1.68 bits per heavy atom. The summed E-state index contributed by atoms with van der Waals surface area (Å²) in [5.74, 6) is 0.692. The third-order valence-electron chi connectivity index (χ3n) is 2.82. The van der Waals surface area contributed by atoms with E-state index in [0.29, 0.717) is 31.3 Å². The summed E-state index contributed by atoms with van der Waals surface area (Å²) in [6.45, 7) is 3.64. The third-order valence-corrected chi connectivity index (χ3v) is 2.82. The molecule has 0 bridgehead atoms. The zero-order valence-electron chi connectivity index (χ0n) is 12.5. The minimum Gasteiger partial charge on any atom is -0.491 e. The van der Waals surface area contributed by atoms with Crippen molar-refractivity contribution in [3.63, 3.8) is 0 Å². The van der Waals surface area contributed by atoms with Crippen molar-refractivity contribution < 1.29 is 14.3 Å². The van der Waals surface area contributed by atoms with Crippen molar-refractivity contribution in [2.24, 2.45) is 0 Å². The van der Waals surface area contributed by atoms with Crippen LogP contribution in [0.4, 0.5) is 16.2 Å². The van der Waals surface area contributed by atoms with Gasteiger partial charge in [0.2, 0.25) is 0 Å². The van der Waals surface area contributed by atoms with Crippen LogP contribution in [0.3, 0.4) is 0 Å². The Kier molecular flexibility index (Phi) is 6.26. The first-order valence-electron chi connectivity index (χ1n) is 7.21. The maximum absolute atomic E-state index is 11.9. The number of para-hydroxylation sites is 1. The van der Waals surface area contributed by atoms with Crippen LogP contribution >= 0.6 is 0 Å². The number of amides is 2. The number of hydrogen-bond donors (Lipinski definition) is 2. The predicted molar refractivity (Wildman–Crippen MR) is 87.5 cm³/mol. The fourth-order valence-electron chi connectivity index (χ4n) is 1.84. The molecule has 2 amide bonds. The quantitative estimate of drug-likeness (QED) is 0.766. The van der Waals surface area contributed by atoms with E-state index < -0.39 is 0 Å². The average molecular weight is 300 g/mol. The first-order chi connectivity index (χ1) is 10.8. The van der Waals surface area contributed by atoms with E-state index in [1.807, 2.05) is 49.4 Å². The van der Waals surface area contributed by atoms with E-state index in [9.17, 15) is 4.79 Å².